The molecule has 0 bridgehead atoms. The standard InChI is InChI=1S/C23H32N6OS/c1-5-17(7-6-10-30)27-21-20(22-28-18-12-24-13(2)11-19(18)31-22)15(4)26-23(29-21)25-14(3)16-8-9-16/h11-12,14,16-17,30H,5-10H2,1-4H3,(H2,25,26,27,29)/t14-,17?/m1/s1. The van der Waals surface area contributed by atoms with Crippen molar-refractivity contribution in [2.45, 2.75) is 71.9 Å². The number of anilines is 2. The Hall–Kier alpha value is -2.32. The molecule has 3 heterocycles. The summed E-state index contributed by atoms with van der Waals surface area (Å²) in [7, 11) is 0. The molecule has 1 unspecified atom stereocenters. The Morgan fingerprint density at radius 3 is 2.71 bits per heavy atom. The number of aromatic nitrogens is 4. The molecule has 0 radical (unpaired) electrons. The van der Waals surface area contributed by atoms with Crippen molar-refractivity contribution >= 4 is 33.3 Å². The highest BCUT2D eigenvalue weighted by molar-refractivity contribution is 7.21. The van der Waals surface area contributed by atoms with Crippen molar-refractivity contribution in [2.75, 3.05) is 17.2 Å². The highest BCUT2D eigenvalue weighted by Crippen LogP contribution is 2.38. The second-order valence-corrected chi connectivity index (χ2v) is 9.59. The van der Waals surface area contributed by atoms with E-state index in [0.717, 1.165) is 57.3 Å². The van der Waals surface area contributed by atoms with Gasteiger partial charge in [0, 0.05) is 24.4 Å². The minimum Gasteiger partial charge on any atom is -0.396 e. The maximum Gasteiger partial charge on any atom is 0.225 e. The molecule has 2 atom stereocenters. The van der Waals surface area contributed by atoms with E-state index < -0.39 is 0 Å². The van der Waals surface area contributed by atoms with Crippen LogP contribution in [0.2, 0.25) is 0 Å². The first-order chi connectivity index (χ1) is 15.0. The maximum absolute atomic E-state index is 9.28. The first kappa shape index (κ1) is 21.9. The van der Waals surface area contributed by atoms with Crippen LogP contribution in [-0.2, 0) is 0 Å². The fourth-order valence-electron chi connectivity index (χ4n) is 3.86. The molecular formula is C23H32N6OS. The molecule has 3 aromatic rings. The van der Waals surface area contributed by atoms with Gasteiger partial charge in [-0.2, -0.15) is 4.98 Å². The van der Waals surface area contributed by atoms with Crippen LogP contribution in [0, 0.1) is 19.8 Å². The quantitative estimate of drug-likeness (QED) is 0.411. The molecule has 0 aromatic carbocycles. The molecule has 3 N–H and O–H groups in total. The topological polar surface area (TPSA) is 95.8 Å². The zero-order valence-corrected chi connectivity index (χ0v) is 19.6. The van der Waals surface area contributed by atoms with E-state index in [1.54, 1.807) is 11.3 Å². The van der Waals surface area contributed by atoms with E-state index in [9.17, 15) is 5.11 Å². The van der Waals surface area contributed by atoms with E-state index in [4.69, 9.17) is 15.0 Å². The first-order valence-electron chi connectivity index (χ1n) is 11.2. The summed E-state index contributed by atoms with van der Waals surface area (Å²) in [6.07, 6.45) is 6.98. The summed E-state index contributed by atoms with van der Waals surface area (Å²) in [5.41, 5.74) is 3.74. The van der Waals surface area contributed by atoms with Crippen molar-refractivity contribution in [1.29, 1.82) is 0 Å². The predicted molar refractivity (Wildman–Crippen MR) is 128 cm³/mol. The largest absolute Gasteiger partial charge is 0.396 e. The molecular weight excluding hydrogens is 408 g/mol. The Morgan fingerprint density at radius 1 is 1.19 bits per heavy atom. The Balaban J connectivity index is 1.73. The minimum atomic E-state index is 0.198. The van der Waals surface area contributed by atoms with E-state index in [2.05, 4.69) is 35.5 Å². The van der Waals surface area contributed by atoms with Crippen LogP contribution in [0.3, 0.4) is 0 Å². The number of hydrogen-bond acceptors (Lipinski definition) is 8. The number of fused-ring (bicyclic) bond motifs is 1. The van der Waals surface area contributed by atoms with E-state index in [-0.39, 0.29) is 12.6 Å². The number of aryl methyl sites for hydroxylation is 2. The lowest BCUT2D eigenvalue weighted by Gasteiger charge is -2.21. The molecule has 0 spiro atoms. The summed E-state index contributed by atoms with van der Waals surface area (Å²) in [4.78, 5) is 18.9. The SMILES string of the molecule is CCC(CCCO)Nc1nc(N[C@H](C)C2CC2)nc(C)c1-c1nc2cnc(C)cc2s1. The van der Waals surface area contributed by atoms with Gasteiger partial charge in [-0.1, -0.05) is 6.92 Å². The molecule has 8 heteroatoms. The third-order valence-electron chi connectivity index (χ3n) is 5.95. The highest BCUT2D eigenvalue weighted by atomic mass is 32.1. The van der Waals surface area contributed by atoms with Gasteiger partial charge in [-0.25, -0.2) is 9.97 Å². The van der Waals surface area contributed by atoms with Crippen molar-refractivity contribution in [3.05, 3.63) is 23.7 Å². The molecule has 7 nitrogen and oxygen atoms in total. The van der Waals surface area contributed by atoms with Crippen LogP contribution in [0.1, 0.15) is 57.3 Å². The van der Waals surface area contributed by atoms with Crippen molar-refractivity contribution in [2.24, 2.45) is 5.92 Å². The minimum absolute atomic E-state index is 0.198. The molecule has 1 aliphatic carbocycles. The average Bonchev–Trinajstić information content (AvgIpc) is 3.51. The number of nitrogens with zero attached hydrogens (tertiary/aromatic N) is 4. The smallest absolute Gasteiger partial charge is 0.225 e. The normalized spacial score (nSPS) is 15.8. The zero-order valence-electron chi connectivity index (χ0n) is 18.8. The van der Waals surface area contributed by atoms with Gasteiger partial charge in [-0.05, 0) is 64.9 Å². The lowest BCUT2D eigenvalue weighted by Crippen LogP contribution is -2.23. The lowest BCUT2D eigenvalue weighted by molar-refractivity contribution is 0.280. The number of nitrogens with one attached hydrogen (secondary N) is 2. The first-order valence-corrected chi connectivity index (χ1v) is 12.1. The van der Waals surface area contributed by atoms with Crippen LogP contribution in [0.25, 0.3) is 20.8 Å². The van der Waals surface area contributed by atoms with Gasteiger partial charge in [0.2, 0.25) is 5.95 Å². The summed E-state index contributed by atoms with van der Waals surface area (Å²) in [5.74, 6) is 2.19. The van der Waals surface area contributed by atoms with Gasteiger partial charge < -0.3 is 15.7 Å². The number of thiazole rings is 1. The predicted octanol–water partition coefficient (Wildman–Crippen LogP) is 4.94. The third kappa shape index (κ3) is 5.13. The average molecular weight is 441 g/mol. The van der Waals surface area contributed by atoms with Gasteiger partial charge in [0.25, 0.3) is 0 Å². The van der Waals surface area contributed by atoms with Gasteiger partial charge in [0.15, 0.2) is 0 Å². The number of rotatable bonds is 10. The van der Waals surface area contributed by atoms with Gasteiger partial charge in [0.05, 0.1) is 22.2 Å². The van der Waals surface area contributed by atoms with Crippen molar-refractivity contribution < 1.29 is 5.11 Å². The van der Waals surface area contributed by atoms with Gasteiger partial charge in [0.1, 0.15) is 16.3 Å². The molecule has 31 heavy (non-hydrogen) atoms. The molecule has 1 aliphatic rings. The van der Waals surface area contributed by atoms with Crippen LogP contribution < -0.4 is 10.6 Å². The fraction of sp³-hybridized carbons (Fsp3) is 0.565. The van der Waals surface area contributed by atoms with Crippen LogP contribution in [0.15, 0.2) is 12.3 Å². The second kappa shape index (κ2) is 9.44. The highest BCUT2D eigenvalue weighted by Gasteiger charge is 2.29. The van der Waals surface area contributed by atoms with Crippen LogP contribution in [0.5, 0.6) is 0 Å². The summed E-state index contributed by atoms with van der Waals surface area (Å²) in [6.45, 7) is 8.58. The van der Waals surface area contributed by atoms with E-state index in [0.29, 0.717) is 17.9 Å². The molecule has 0 amide bonds. The zero-order chi connectivity index (χ0) is 22.0. The Labute approximate surface area is 187 Å². The lowest BCUT2D eigenvalue weighted by atomic mass is 10.1. The monoisotopic (exact) mass is 440 g/mol. The summed E-state index contributed by atoms with van der Waals surface area (Å²) in [5, 5.41) is 17.3. The molecule has 1 fully saturated rings. The number of aliphatic hydroxyl groups excluding tert-OH is 1. The van der Waals surface area contributed by atoms with Crippen molar-refractivity contribution in [3.8, 4) is 10.6 Å². The van der Waals surface area contributed by atoms with Crippen LogP contribution in [-0.4, -0.2) is 43.7 Å². The van der Waals surface area contributed by atoms with Crippen molar-refractivity contribution in [1.82, 2.24) is 19.9 Å². The summed E-state index contributed by atoms with van der Waals surface area (Å²) >= 11 is 1.65. The fourth-order valence-corrected chi connectivity index (χ4v) is 4.99. The van der Waals surface area contributed by atoms with Crippen molar-refractivity contribution in [3.63, 3.8) is 0 Å². The number of aliphatic hydroxyl groups is 1. The van der Waals surface area contributed by atoms with E-state index >= 15 is 0 Å². The Kier molecular flexibility index (Phi) is 6.67. The van der Waals surface area contributed by atoms with Crippen LogP contribution in [0.4, 0.5) is 11.8 Å². The molecule has 0 saturated heterocycles. The van der Waals surface area contributed by atoms with Gasteiger partial charge >= 0.3 is 0 Å². The molecule has 1 saturated carbocycles. The maximum atomic E-state index is 9.28. The Morgan fingerprint density at radius 2 is 2.00 bits per heavy atom. The van der Waals surface area contributed by atoms with E-state index in [1.807, 2.05) is 20.0 Å². The molecule has 0 aliphatic heterocycles. The third-order valence-corrected chi connectivity index (χ3v) is 6.98. The number of pyridine rings is 1. The molecule has 4 rings (SSSR count). The Bertz CT molecular complexity index is 1050. The van der Waals surface area contributed by atoms with E-state index in [1.165, 1.54) is 12.8 Å². The van der Waals surface area contributed by atoms with Gasteiger partial charge in [-0.15, -0.1) is 11.3 Å². The second-order valence-electron chi connectivity index (χ2n) is 8.55. The molecule has 166 valence electrons. The summed E-state index contributed by atoms with van der Waals surface area (Å²) < 4.78 is 1.12. The number of hydrogen-bond donors (Lipinski definition) is 3. The van der Waals surface area contributed by atoms with Gasteiger partial charge in [-0.3, -0.25) is 4.98 Å². The molecule has 3 aromatic heterocycles. The summed E-state index contributed by atoms with van der Waals surface area (Å²) in [6, 6.07) is 2.67. The van der Waals surface area contributed by atoms with Crippen LogP contribution >= 0.6 is 11.3 Å².